The van der Waals surface area contributed by atoms with Crippen LogP contribution in [0, 0.1) is 0 Å². The minimum Gasteiger partial charge on any atom is -0.334 e. The van der Waals surface area contributed by atoms with E-state index in [1.54, 1.807) is 16.7 Å². The molecule has 2 heterocycles. The Morgan fingerprint density at radius 2 is 1.61 bits per heavy atom. The predicted molar refractivity (Wildman–Crippen MR) is 120 cm³/mol. The Morgan fingerprint density at radius 3 is 2.36 bits per heavy atom. The highest BCUT2D eigenvalue weighted by atomic mass is 32.2. The summed E-state index contributed by atoms with van der Waals surface area (Å²) >= 11 is 3.20. The number of hydrogen-bond donors (Lipinski definition) is 0. The first kappa shape index (κ1) is 19.2. The van der Waals surface area contributed by atoms with E-state index in [0.717, 1.165) is 28.1 Å². The third-order valence-corrected chi connectivity index (χ3v) is 7.20. The summed E-state index contributed by atoms with van der Waals surface area (Å²) in [5.74, 6) is 0.0692. The third-order valence-electron chi connectivity index (χ3n) is 4.79. The van der Waals surface area contributed by atoms with Gasteiger partial charge in [-0.25, -0.2) is 0 Å². The summed E-state index contributed by atoms with van der Waals surface area (Å²) in [6.45, 7) is 6.29. The van der Waals surface area contributed by atoms with Crippen molar-refractivity contribution in [2.45, 2.75) is 25.2 Å². The molecule has 144 valence electrons. The highest BCUT2D eigenvalue weighted by Crippen LogP contribution is 2.50. The summed E-state index contributed by atoms with van der Waals surface area (Å²) in [7, 11) is 0. The number of carbonyl (C=O) groups is 1. The molecule has 0 aromatic heterocycles. The van der Waals surface area contributed by atoms with Gasteiger partial charge in [-0.2, -0.15) is 0 Å². The van der Waals surface area contributed by atoms with Gasteiger partial charge in [0.15, 0.2) is 5.17 Å². The third kappa shape index (κ3) is 3.59. The van der Waals surface area contributed by atoms with E-state index in [4.69, 9.17) is 4.99 Å². The van der Waals surface area contributed by atoms with Crippen LogP contribution in [0.1, 0.15) is 19.4 Å². The lowest BCUT2D eigenvalue weighted by molar-refractivity contribution is -0.122. The summed E-state index contributed by atoms with van der Waals surface area (Å²) in [5.41, 5.74) is 2.45. The summed E-state index contributed by atoms with van der Waals surface area (Å²) in [5, 5.41) is 1.85. The Kier molecular flexibility index (Phi) is 5.78. The number of aliphatic imine (C=N–C) groups is 1. The van der Waals surface area contributed by atoms with Crippen molar-refractivity contribution in [2.24, 2.45) is 4.99 Å². The molecule has 28 heavy (non-hydrogen) atoms. The zero-order valence-corrected chi connectivity index (χ0v) is 17.7. The molecule has 6 heteroatoms. The molecule has 0 saturated carbocycles. The van der Waals surface area contributed by atoms with E-state index in [-0.39, 0.29) is 5.91 Å². The average molecular weight is 410 g/mol. The Bertz CT molecular complexity index is 940. The van der Waals surface area contributed by atoms with Crippen molar-refractivity contribution in [3.05, 3.63) is 70.1 Å². The number of para-hydroxylation sites is 1. The highest BCUT2D eigenvalue weighted by molar-refractivity contribution is 8.19. The number of carbonyl (C=O) groups excluding carboxylic acids is 1. The Labute approximate surface area is 174 Å². The van der Waals surface area contributed by atoms with Crippen LogP contribution in [0.2, 0.25) is 0 Å². The number of benzene rings is 2. The lowest BCUT2D eigenvalue weighted by Crippen LogP contribution is -2.29. The average Bonchev–Trinajstić information content (AvgIpc) is 3.25. The second-order valence-corrected chi connectivity index (χ2v) is 8.51. The molecule has 1 amide bonds. The van der Waals surface area contributed by atoms with Crippen molar-refractivity contribution in [3.8, 4) is 0 Å². The van der Waals surface area contributed by atoms with E-state index < -0.39 is 0 Å². The topological polar surface area (TPSA) is 35.9 Å². The standard InChI is InChI=1S/C22H23N3OS2/c1-3-24-17-12-8-9-13-18(17)27-21(24)19-20(26)25(4-2)22(28-19)23-15-14-16-10-6-5-7-11-16/h5-13H,3-4,14-15H2,1-2H3. The van der Waals surface area contributed by atoms with Crippen LogP contribution in [0.4, 0.5) is 5.69 Å². The number of anilines is 1. The van der Waals surface area contributed by atoms with Crippen molar-refractivity contribution >= 4 is 40.3 Å². The molecule has 4 nitrogen and oxygen atoms in total. The summed E-state index contributed by atoms with van der Waals surface area (Å²) in [6, 6.07) is 18.7. The van der Waals surface area contributed by atoms with Crippen LogP contribution in [0.3, 0.4) is 0 Å². The second-order valence-electron chi connectivity index (χ2n) is 6.50. The van der Waals surface area contributed by atoms with Crippen molar-refractivity contribution in [3.63, 3.8) is 0 Å². The number of amides is 1. The Hall–Kier alpha value is -2.18. The van der Waals surface area contributed by atoms with Crippen LogP contribution >= 0.6 is 23.5 Å². The number of thioether (sulfide) groups is 2. The molecule has 0 N–H and O–H groups in total. The molecular formula is C22H23N3OS2. The summed E-state index contributed by atoms with van der Waals surface area (Å²) < 4.78 is 0. The predicted octanol–water partition coefficient (Wildman–Crippen LogP) is 4.98. The highest BCUT2D eigenvalue weighted by Gasteiger charge is 2.38. The molecule has 2 aliphatic heterocycles. The van der Waals surface area contributed by atoms with Crippen LogP contribution in [0.5, 0.6) is 0 Å². The maximum absolute atomic E-state index is 13.1. The fourth-order valence-corrected chi connectivity index (χ4v) is 5.84. The van der Waals surface area contributed by atoms with Gasteiger partial charge in [0.1, 0.15) is 9.93 Å². The van der Waals surface area contributed by atoms with E-state index >= 15 is 0 Å². The van der Waals surface area contributed by atoms with Gasteiger partial charge in [-0.05, 0) is 49.7 Å². The van der Waals surface area contributed by atoms with Crippen molar-refractivity contribution in [1.29, 1.82) is 0 Å². The lowest BCUT2D eigenvalue weighted by atomic mass is 10.2. The quantitative estimate of drug-likeness (QED) is 0.653. The van der Waals surface area contributed by atoms with Gasteiger partial charge in [-0.1, -0.05) is 54.2 Å². The van der Waals surface area contributed by atoms with Crippen molar-refractivity contribution in [1.82, 2.24) is 4.90 Å². The number of hydrogen-bond acceptors (Lipinski definition) is 5. The van der Waals surface area contributed by atoms with Gasteiger partial charge in [-0.3, -0.25) is 14.7 Å². The number of rotatable bonds is 5. The van der Waals surface area contributed by atoms with Crippen LogP contribution < -0.4 is 4.90 Å². The molecule has 2 aromatic carbocycles. The van der Waals surface area contributed by atoms with E-state index in [1.807, 2.05) is 37.3 Å². The molecule has 0 spiro atoms. The first-order valence-electron chi connectivity index (χ1n) is 9.59. The minimum absolute atomic E-state index is 0.0692. The van der Waals surface area contributed by atoms with E-state index in [9.17, 15) is 4.79 Å². The summed E-state index contributed by atoms with van der Waals surface area (Å²) in [4.78, 5) is 23.9. The van der Waals surface area contributed by atoms with E-state index in [2.05, 4.69) is 36.1 Å². The molecule has 1 saturated heterocycles. The maximum Gasteiger partial charge on any atom is 0.269 e. The Balaban J connectivity index is 1.59. The maximum atomic E-state index is 13.1. The van der Waals surface area contributed by atoms with Gasteiger partial charge in [0.2, 0.25) is 0 Å². The number of amidine groups is 1. The van der Waals surface area contributed by atoms with Crippen LogP contribution in [0.25, 0.3) is 0 Å². The second kappa shape index (κ2) is 8.45. The van der Waals surface area contributed by atoms with Crippen LogP contribution in [-0.4, -0.2) is 35.6 Å². The van der Waals surface area contributed by atoms with Gasteiger partial charge in [0.05, 0.1) is 5.69 Å². The lowest BCUT2D eigenvalue weighted by Gasteiger charge is -2.19. The van der Waals surface area contributed by atoms with E-state index in [1.165, 1.54) is 27.9 Å². The van der Waals surface area contributed by atoms with Gasteiger partial charge >= 0.3 is 0 Å². The Morgan fingerprint density at radius 1 is 0.893 bits per heavy atom. The normalized spacial score (nSPS) is 20.4. The van der Waals surface area contributed by atoms with Gasteiger partial charge < -0.3 is 4.90 Å². The number of nitrogens with zero attached hydrogens (tertiary/aromatic N) is 3. The number of fused-ring (bicyclic) bond motifs is 1. The van der Waals surface area contributed by atoms with Crippen molar-refractivity contribution in [2.75, 3.05) is 24.5 Å². The fraction of sp³-hybridized carbons (Fsp3) is 0.273. The minimum atomic E-state index is 0.0692. The molecule has 2 aliphatic rings. The largest absolute Gasteiger partial charge is 0.334 e. The van der Waals surface area contributed by atoms with Crippen LogP contribution in [-0.2, 0) is 11.2 Å². The molecule has 0 atom stereocenters. The van der Waals surface area contributed by atoms with E-state index in [0.29, 0.717) is 13.1 Å². The molecule has 1 fully saturated rings. The first-order valence-corrected chi connectivity index (χ1v) is 11.2. The molecule has 0 unspecified atom stereocenters. The molecular weight excluding hydrogens is 386 g/mol. The summed E-state index contributed by atoms with van der Waals surface area (Å²) in [6.07, 6.45) is 0.879. The van der Waals surface area contributed by atoms with Gasteiger partial charge in [0, 0.05) is 24.5 Å². The van der Waals surface area contributed by atoms with Crippen molar-refractivity contribution < 1.29 is 4.79 Å². The smallest absolute Gasteiger partial charge is 0.269 e. The first-order chi connectivity index (χ1) is 13.7. The molecule has 0 radical (unpaired) electrons. The molecule has 0 bridgehead atoms. The monoisotopic (exact) mass is 409 g/mol. The molecule has 2 aromatic rings. The number of likely N-dealkylation sites (N-methyl/N-ethyl adjacent to an activating group) is 1. The fourth-order valence-electron chi connectivity index (χ4n) is 3.37. The zero-order chi connectivity index (χ0) is 19.5. The SMILES string of the molecule is CCN1C(=O)C(=C2Sc3ccccc3N2CC)SC1=NCCc1ccccc1. The van der Waals surface area contributed by atoms with Crippen LogP contribution in [0.15, 0.2) is 74.4 Å². The molecule has 0 aliphatic carbocycles. The zero-order valence-electron chi connectivity index (χ0n) is 16.1. The van der Waals surface area contributed by atoms with Gasteiger partial charge in [0.25, 0.3) is 5.91 Å². The molecule has 4 rings (SSSR count). The van der Waals surface area contributed by atoms with Gasteiger partial charge in [-0.15, -0.1) is 0 Å².